The van der Waals surface area contributed by atoms with E-state index in [-0.39, 0.29) is 12.0 Å². The van der Waals surface area contributed by atoms with Gasteiger partial charge in [-0.25, -0.2) is 4.98 Å². The molecule has 0 spiro atoms. The molecule has 0 aliphatic carbocycles. The van der Waals surface area contributed by atoms with Crippen LogP contribution in [0.5, 0.6) is 5.75 Å². The molecule has 4 rings (SSSR count). The number of rotatable bonds is 6. The summed E-state index contributed by atoms with van der Waals surface area (Å²) in [7, 11) is 1.61. The average molecular weight is 445 g/mol. The van der Waals surface area contributed by atoms with E-state index in [1.807, 2.05) is 19.1 Å². The van der Waals surface area contributed by atoms with Crippen molar-refractivity contribution < 1.29 is 14.3 Å². The van der Waals surface area contributed by atoms with Crippen molar-refractivity contribution in [3.63, 3.8) is 0 Å². The molecule has 7 heteroatoms. The van der Waals surface area contributed by atoms with Crippen LogP contribution in [-0.4, -0.2) is 37.3 Å². The van der Waals surface area contributed by atoms with Crippen molar-refractivity contribution in [3.05, 3.63) is 52.0 Å². The minimum atomic E-state index is 0.00611. The first-order valence-electron chi connectivity index (χ1n) is 10.1. The highest BCUT2D eigenvalue weighted by molar-refractivity contribution is 7.23. The Morgan fingerprint density at radius 3 is 2.87 bits per heavy atom. The largest absolute Gasteiger partial charge is 0.494 e. The maximum atomic E-state index is 13.4. The van der Waals surface area contributed by atoms with Gasteiger partial charge in [-0.15, -0.1) is 0 Å². The van der Waals surface area contributed by atoms with Gasteiger partial charge in [0.05, 0.1) is 35.9 Å². The quantitative estimate of drug-likeness (QED) is 0.515. The van der Waals surface area contributed by atoms with Crippen LogP contribution in [0.1, 0.15) is 29.5 Å². The lowest BCUT2D eigenvalue weighted by molar-refractivity contribution is -0.118. The number of hydrogen-bond acceptors (Lipinski definition) is 5. The molecular formula is C23H25ClN2O3S. The van der Waals surface area contributed by atoms with Crippen LogP contribution in [0.4, 0.5) is 5.13 Å². The zero-order valence-electron chi connectivity index (χ0n) is 17.4. The highest BCUT2D eigenvalue weighted by Crippen LogP contribution is 2.39. The first-order valence-corrected chi connectivity index (χ1v) is 11.3. The number of methoxy groups -OCH3 is 1. The number of aromatic nitrogens is 1. The summed E-state index contributed by atoms with van der Waals surface area (Å²) in [5.41, 5.74) is 4.02. The molecule has 1 aromatic heterocycles. The molecule has 30 heavy (non-hydrogen) atoms. The number of fused-ring (bicyclic) bond motifs is 1. The molecule has 0 radical (unpaired) electrons. The maximum Gasteiger partial charge on any atom is 0.233 e. The molecule has 1 unspecified atom stereocenters. The van der Waals surface area contributed by atoms with Crippen LogP contribution in [-0.2, 0) is 16.0 Å². The van der Waals surface area contributed by atoms with Crippen LogP contribution >= 0.6 is 22.9 Å². The smallest absolute Gasteiger partial charge is 0.233 e. The van der Waals surface area contributed by atoms with Gasteiger partial charge in [0.1, 0.15) is 11.3 Å². The van der Waals surface area contributed by atoms with Gasteiger partial charge in [-0.1, -0.05) is 46.7 Å². The van der Waals surface area contributed by atoms with E-state index in [4.69, 9.17) is 26.1 Å². The van der Waals surface area contributed by atoms with Crippen molar-refractivity contribution in [1.82, 2.24) is 4.98 Å². The molecule has 2 aromatic carbocycles. The molecule has 2 heterocycles. The van der Waals surface area contributed by atoms with E-state index in [2.05, 4.69) is 13.0 Å². The molecule has 1 aliphatic rings. The third-order valence-corrected chi connectivity index (χ3v) is 6.99. The van der Waals surface area contributed by atoms with Gasteiger partial charge in [-0.05, 0) is 49.9 Å². The number of benzene rings is 2. The van der Waals surface area contributed by atoms with Gasteiger partial charge >= 0.3 is 0 Å². The normalized spacial score (nSPS) is 16.2. The van der Waals surface area contributed by atoms with E-state index >= 15 is 0 Å². The summed E-state index contributed by atoms with van der Waals surface area (Å²) in [5.74, 6) is 0.655. The number of ether oxygens (including phenoxy) is 2. The molecule has 3 aromatic rings. The van der Waals surface area contributed by atoms with Crippen LogP contribution in [0.15, 0.2) is 30.3 Å². The van der Waals surface area contributed by atoms with Crippen LogP contribution in [0, 0.1) is 13.8 Å². The van der Waals surface area contributed by atoms with E-state index in [0.717, 1.165) is 35.3 Å². The number of aryl methyl sites for hydroxylation is 2. The molecular weight excluding hydrogens is 420 g/mol. The van der Waals surface area contributed by atoms with Crippen molar-refractivity contribution in [2.45, 2.75) is 39.2 Å². The summed E-state index contributed by atoms with van der Waals surface area (Å²) in [4.78, 5) is 19.9. The van der Waals surface area contributed by atoms with Gasteiger partial charge < -0.3 is 9.47 Å². The Morgan fingerprint density at radius 1 is 1.33 bits per heavy atom. The van der Waals surface area contributed by atoms with E-state index in [1.54, 1.807) is 24.1 Å². The Bertz CT molecular complexity index is 1080. The highest BCUT2D eigenvalue weighted by atomic mass is 35.5. The Labute approximate surface area is 185 Å². The summed E-state index contributed by atoms with van der Waals surface area (Å²) in [5, 5.41) is 1.23. The molecule has 0 saturated carbocycles. The fourth-order valence-corrected chi connectivity index (χ4v) is 5.09. The zero-order chi connectivity index (χ0) is 21.3. The average Bonchev–Trinajstić information content (AvgIpc) is 3.39. The standard InChI is InChI=1S/C23H25ClN2O3S/c1-14-6-7-16(15(2)11-14)12-20(27)26(13-17-5-4-10-29-17)23-25-21-19(28-3)9-8-18(24)22(21)30-23/h6-9,11,17H,4-5,10,12-13H2,1-3H3. The molecule has 1 atom stereocenters. The molecule has 1 fully saturated rings. The Morgan fingerprint density at radius 2 is 2.17 bits per heavy atom. The fourth-order valence-electron chi connectivity index (χ4n) is 3.80. The predicted octanol–water partition coefficient (Wildman–Crippen LogP) is 5.33. The molecule has 158 valence electrons. The zero-order valence-corrected chi connectivity index (χ0v) is 19.0. The molecule has 1 amide bonds. The van der Waals surface area contributed by atoms with Crippen molar-refractivity contribution in [2.75, 3.05) is 25.2 Å². The molecule has 1 saturated heterocycles. The molecule has 0 bridgehead atoms. The summed E-state index contributed by atoms with van der Waals surface area (Å²) in [6.45, 7) is 5.33. The number of amides is 1. The highest BCUT2D eigenvalue weighted by Gasteiger charge is 2.27. The minimum Gasteiger partial charge on any atom is -0.494 e. The number of nitrogens with zero attached hydrogens (tertiary/aromatic N) is 2. The molecule has 1 aliphatic heterocycles. The van der Waals surface area contributed by atoms with Crippen molar-refractivity contribution in [2.24, 2.45) is 0 Å². The third-order valence-electron chi connectivity index (χ3n) is 5.45. The van der Waals surface area contributed by atoms with Gasteiger partial charge in [0.2, 0.25) is 5.91 Å². The monoisotopic (exact) mass is 444 g/mol. The van der Waals surface area contributed by atoms with Gasteiger partial charge in [0.15, 0.2) is 5.13 Å². The van der Waals surface area contributed by atoms with E-state index in [1.165, 1.54) is 16.9 Å². The molecule has 5 nitrogen and oxygen atoms in total. The van der Waals surface area contributed by atoms with Gasteiger partial charge in [-0.2, -0.15) is 0 Å². The number of hydrogen-bond donors (Lipinski definition) is 0. The number of carbonyl (C=O) groups is 1. The SMILES string of the molecule is COc1ccc(Cl)c2sc(N(CC3CCCO3)C(=O)Cc3ccc(C)cc3C)nc12. The third kappa shape index (κ3) is 4.31. The van der Waals surface area contributed by atoms with Gasteiger partial charge in [-0.3, -0.25) is 9.69 Å². The lowest BCUT2D eigenvalue weighted by Gasteiger charge is -2.23. The van der Waals surface area contributed by atoms with Crippen LogP contribution in [0.3, 0.4) is 0 Å². The van der Waals surface area contributed by atoms with Crippen LogP contribution < -0.4 is 9.64 Å². The van der Waals surface area contributed by atoms with Crippen molar-refractivity contribution >= 4 is 44.2 Å². The first kappa shape index (κ1) is 21.1. The van der Waals surface area contributed by atoms with E-state index in [9.17, 15) is 4.79 Å². The summed E-state index contributed by atoms with van der Waals surface area (Å²) < 4.78 is 12.1. The Balaban J connectivity index is 1.69. The maximum absolute atomic E-state index is 13.4. The first-order chi connectivity index (χ1) is 14.5. The van der Waals surface area contributed by atoms with E-state index < -0.39 is 0 Å². The van der Waals surface area contributed by atoms with Crippen molar-refractivity contribution in [3.8, 4) is 5.75 Å². The number of anilines is 1. The summed E-state index contributed by atoms with van der Waals surface area (Å²) in [6.07, 6.45) is 2.31. The lowest BCUT2D eigenvalue weighted by atomic mass is 10.0. The molecule has 0 N–H and O–H groups in total. The number of halogens is 1. The van der Waals surface area contributed by atoms with E-state index in [0.29, 0.717) is 34.4 Å². The lowest BCUT2D eigenvalue weighted by Crippen LogP contribution is -2.38. The predicted molar refractivity (Wildman–Crippen MR) is 122 cm³/mol. The summed E-state index contributed by atoms with van der Waals surface area (Å²) >= 11 is 7.82. The minimum absolute atomic E-state index is 0.00611. The van der Waals surface area contributed by atoms with Crippen LogP contribution in [0.25, 0.3) is 10.2 Å². The van der Waals surface area contributed by atoms with Crippen molar-refractivity contribution in [1.29, 1.82) is 0 Å². The van der Waals surface area contributed by atoms with Gasteiger partial charge in [0.25, 0.3) is 0 Å². The Hall–Kier alpha value is -2.15. The summed E-state index contributed by atoms with van der Waals surface area (Å²) in [6, 6.07) is 9.78. The topological polar surface area (TPSA) is 51.7 Å². The number of carbonyl (C=O) groups excluding carboxylic acids is 1. The van der Waals surface area contributed by atoms with Gasteiger partial charge in [0, 0.05) is 6.61 Å². The fraction of sp³-hybridized carbons (Fsp3) is 0.391. The number of thiazole rings is 1. The second-order valence-electron chi connectivity index (χ2n) is 7.67. The second-order valence-corrected chi connectivity index (χ2v) is 9.05. The Kier molecular flexibility index (Phi) is 6.27. The second kappa shape index (κ2) is 8.92. The van der Waals surface area contributed by atoms with Crippen LogP contribution in [0.2, 0.25) is 5.02 Å².